The third-order valence-electron chi connectivity index (χ3n) is 3.64. The summed E-state index contributed by atoms with van der Waals surface area (Å²) in [5, 5.41) is 2.79. The molecule has 1 aromatic carbocycles. The van der Waals surface area contributed by atoms with E-state index in [4.69, 9.17) is 9.47 Å². The van der Waals surface area contributed by atoms with Crippen LogP contribution in [0.25, 0.3) is 0 Å². The molecule has 0 aliphatic carbocycles. The Morgan fingerprint density at radius 1 is 1.30 bits per heavy atom. The molecule has 23 heavy (non-hydrogen) atoms. The molecular weight excluding hydrogens is 294 g/mol. The summed E-state index contributed by atoms with van der Waals surface area (Å²) in [5.41, 5.74) is 1.75. The van der Waals surface area contributed by atoms with Gasteiger partial charge in [-0.1, -0.05) is 0 Å². The third kappa shape index (κ3) is 4.26. The molecule has 2 heterocycles. The van der Waals surface area contributed by atoms with Gasteiger partial charge in [-0.2, -0.15) is 0 Å². The fraction of sp³-hybridized carbons (Fsp3) is 0.353. The van der Waals surface area contributed by atoms with Gasteiger partial charge in [0.1, 0.15) is 11.4 Å². The van der Waals surface area contributed by atoms with E-state index in [1.165, 1.54) is 6.20 Å². The standard InChI is InChI=1S/C17H19N3O3/c1-12-8-19-16(9-18-12)17(21)20-14-2-4-15(5-3-14)23-11-13-6-7-22-10-13/h2-5,8-9,13H,6-7,10-11H2,1H3,(H,20,21)/t13-/m1/s1. The molecule has 0 unspecified atom stereocenters. The summed E-state index contributed by atoms with van der Waals surface area (Å²) in [5.74, 6) is 0.966. The van der Waals surface area contributed by atoms with Crippen molar-refractivity contribution in [1.82, 2.24) is 9.97 Å². The molecule has 1 atom stereocenters. The van der Waals surface area contributed by atoms with Crippen molar-refractivity contribution in [3.63, 3.8) is 0 Å². The summed E-state index contributed by atoms with van der Waals surface area (Å²) in [4.78, 5) is 20.2. The van der Waals surface area contributed by atoms with Crippen molar-refractivity contribution in [1.29, 1.82) is 0 Å². The number of benzene rings is 1. The van der Waals surface area contributed by atoms with Gasteiger partial charge >= 0.3 is 0 Å². The normalized spacial score (nSPS) is 17.0. The van der Waals surface area contributed by atoms with Crippen LogP contribution in [-0.2, 0) is 4.74 Å². The second kappa shape index (κ2) is 7.19. The van der Waals surface area contributed by atoms with E-state index in [-0.39, 0.29) is 11.6 Å². The van der Waals surface area contributed by atoms with Gasteiger partial charge in [-0.3, -0.25) is 9.78 Å². The maximum Gasteiger partial charge on any atom is 0.275 e. The highest BCUT2D eigenvalue weighted by atomic mass is 16.5. The summed E-state index contributed by atoms with van der Waals surface area (Å²) in [6.45, 7) is 4.07. The number of aromatic nitrogens is 2. The van der Waals surface area contributed by atoms with Gasteiger partial charge in [0.05, 0.1) is 25.1 Å². The molecule has 120 valence electrons. The van der Waals surface area contributed by atoms with Crippen LogP contribution in [0.3, 0.4) is 0 Å². The largest absolute Gasteiger partial charge is 0.493 e. The summed E-state index contributed by atoms with van der Waals surface area (Å²) in [6, 6.07) is 7.29. The Morgan fingerprint density at radius 2 is 2.13 bits per heavy atom. The van der Waals surface area contributed by atoms with Gasteiger partial charge in [0.25, 0.3) is 5.91 Å². The van der Waals surface area contributed by atoms with Crippen molar-refractivity contribution in [2.45, 2.75) is 13.3 Å². The fourth-order valence-corrected chi connectivity index (χ4v) is 2.27. The van der Waals surface area contributed by atoms with Gasteiger partial charge < -0.3 is 14.8 Å². The maximum atomic E-state index is 12.1. The van der Waals surface area contributed by atoms with E-state index in [9.17, 15) is 4.79 Å². The van der Waals surface area contributed by atoms with Crippen LogP contribution in [-0.4, -0.2) is 35.7 Å². The molecule has 0 bridgehead atoms. The number of nitrogens with zero attached hydrogens (tertiary/aromatic N) is 2. The highest BCUT2D eigenvalue weighted by Crippen LogP contribution is 2.19. The molecule has 1 N–H and O–H groups in total. The minimum Gasteiger partial charge on any atom is -0.493 e. The number of anilines is 1. The number of nitrogens with one attached hydrogen (secondary N) is 1. The topological polar surface area (TPSA) is 73.3 Å². The molecule has 0 saturated carbocycles. The summed E-state index contributed by atoms with van der Waals surface area (Å²) in [6.07, 6.45) is 4.08. The Hall–Kier alpha value is -2.47. The van der Waals surface area contributed by atoms with Crippen LogP contribution in [0, 0.1) is 12.8 Å². The number of ether oxygens (including phenoxy) is 2. The van der Waals surface area contributed by atoms with Crippen LogP contribution >= 0.6 is 0 Å². The van der Waals surface area contributed by atoms with Crippen molar-refractivity contribution in [3.8, 4) is 5.75 Å². The minimum atomic E-state index is -0.283. The van der Waals surface area contributed by atoms with E-state index in [1.54, 1.807) is 18.3 Å². The third-order valence-corrected chi connectivity index (χ3v) is 3.64. The number of rotatable bonds is 5. The van der Waals surface area contributed by atoms with Crippen molar-refractivity contribution in [3.05, 3.63) is 48.0 Å². The maximum absolute atomic E-state index is 12.1. The summed E-state index contributed by atoms with van der Waals surface area (Å²) >= 11 is 0. The average Bonchev–Trinajstić information content (AvgIpc) is 3.08. The lowest BCUT2D eigenvalue weighted by molar-refractivity contribution is 0.102. The smallest absolute Gasteiger partial charge is 0.275 e. The van der Waals surface area contributed by atoms with E-state index < -0.39 is 0 Å². The van der Waals surface area contributed by atoms with Gasteiger partial charge in [-0.05, 0) is 37.6 Å². The molecule has 2 aromatic rings. The Labute approximate surface area is 134 Å². The highest BCUT2D eigenvalue weighted by molar-refractivity contribution is 6.02. The zero-order valence-electron chi connectivity index (χ0n) is 13.0. The fourth-order valence-electron chi connectivity index (χ4n) is 2.27. The zero-order chi connectivity index (χ0) is 16.1. The molecule has 0 spiro atoms. The van der Waals surface area contributed by atoms with Gasteiger partial charge in [0.15, 0.2) is 0 Å². The Morgan fingerprint density at radius 3 is 2.78 bits per heavy atom. The van der Waals surface area contributed by atoms with Crippen molar-refractivity contribution in [2.24, 2.45) is 5.92 Å². The summed E-state index contributed by atoms with van der Waals surface area (Å²) in [7, 11) is 0. The number of carbonyl (C=O) groups excluding carboxylic acids is 1. The average molecular weight is 313 g/mol. The lowest BCUT2D eigenvalue weighted by Gasteiger charge is -2.11. The van der Waals surface area contributed by atoms with Gasteiger partial charge in [-0.15, -0.1) is 0 Å². The minimum absolute atomic E-state index is 0.283. The van der Waals surface area contributed by atoms with E-state index in [0.717, 1.165) is 31.1 Å². The van der Waals surface area contributed by atoms with E-state index in [1.807, 2.05) is 19.1 Å². The van der Waals surface area contributed by atoms with E-state index in [0.29, 0.717) is 18.2 Å². The van der Waals surface area contributed by atoms with Crippen LogP contribution in [0.1, 0.15) is 22.6 Å². The Bertz CT molecular complexity index is 650. The van der Waals surface area contributed by atoms with Gasteiger partial charge in [0.2, 0.25) is 0 Å². The molecule has 1 fully saturated rings. The Balaban J connectivity index is 1.54. The molecule has 1 aliphatic heterocycles. The number of hydrogen-bond donors (Lipinski definition) is 1. The van der Waals surface area contributed by atoms with Crippen molar-refractivity contribution in [2.75, 3.05) is 25.1 Å². The second-order valence-corrected chi connectivity index (χ2v) is 5.56. The molecule has 6 nitrogen and oxygen atoms in total. The predicted octanol–water partition coefficient (Wildman–Crippen LogP) is 2.45. The number of amides is 1. The first-order chi connectivity index (χ1) is 11.2. The highest BCUT2D eigenvalue weighted by Gasteiger charge is 2.16. The number of hydrogen-bond acceptors (Lipinski definition) is 5. The lowest BCUT2D eigenvalue weighted by Crippen LogP contribution is -2.14. The monoisotopic (exact) mass is 313 g/mol. The SMILES string of the molecule is Cc1cnc(C(=O)Nc2ccc(OC[C@@H]3CCOC3)cc2)cn1. The first-order valence-corrected chi connectivity index (χ1v) is 7.61. The number of aryl methyl sites for hydroxylation is 1. The molecule has 1 aliphatic rings. The van der Waals surface area contributed by atoms with Crippen LogP contribution in [0.2, 0.25) is 0 Å². The predicted molar refractivity (Wildman–Crippen MR) is 85.6 cm³/mol. The molecule has 1 saturated heterocycles. The van der Waals surface area contributed by atoms with E-state index >= 15 is 0 Å². The van der Waals surface area contributed by atoms with Crippen molar-refractivity contribution < 1.29 is 14.3 Å². The lowest BCUT2D eigenvalue weighted by atomic mass is 10.1. The van der Waals surface area contributed by atoms with Crippen LogP contribution in [0.4, 0.5) is 5.69 Å². The van der Waals surface area contributed by atoms with E-state index in [2.05, 4.69) is 15.3 Å². The Kier molecular flexibility index (Phi) is 4.83. The van der Waals surface area contributed by atoms with Crippen LogP contribution < -0.4 is 10.1 Å². The van der Waals surface area contributed by atoms with Gasteiger partial charge in [0, 0.05) is 24.4 Å². The second-order valence-electron chi connectivity index (χ2n) is 5.56. The molecule has 0 radical (unpaired) electrons. The first kappa shape index (κ1) is 15.4. The molecule has 3 rings (SSSR count). The van der Waals surface area contributed by atoms with Crippen LogP contribution in [0.5, 0.6) is 5.75 Å². The summed E-state index contributed by atoms with van der Waals surface area (Å²) < 4.78 is 11.1. The number of carbonyl (C=O) groups is 1. The van der Waals surface area contributed by atoms with Gasteiger partial charge in [-0.25, -0.2) is 4.98 Å². The first-order valence-electron chi connectivity index (χ1n) is 7.61. The molecule has 6 heteroatoms. The van der Waals surface area contributed by atoms with Crippen LogP contribution in [0.15, 0.2) is 36.7 Å². The van der Waals surface area contributed by atoms with Crippen molar-refractivity contribution >= 4 is 11.6 Å². The molecule has 1 aromatic heterocycles. The zero-order valence-corrected chi connectivity index (χ0v) is 13.0. The quantitative estimate of drug-likeness (QED) is 0.918. The molecular formula is C17H19N3O3. The molecule has 1 amide bonds.